The number of nitrogens with zero attached hydrogens (tertiary/aromatic N) is 2. The van der Waals surface area contributed by atoms with Gasteiger partial charge in [-0.2, -0.15) is 0 Å². The Bertz CT molecular complexity index is 2190. The first kappa shape index (κ1) is 27.9. The maximum atomic E-state index is 14.1. The highest BCUT2D eigenvalue weighted by Crippen LogP contribution is 2.43. The summed E-state index contributed by atoms with van der Waals surface area (Å²) >= 11 is 7.65. The van der Waals surface area contributed by atoms with Gasteiger partial charge in [-0.05, 0) is 72.0 Å². The van der Waals surface area contributed by atoms with Crippen molar-refractivity contribution >= 4 is 40.7 Å². The zero-order chi connectivity index (χ0) is 30.5. The summed E-state index contributed by atoms with van der Waals surface area (Å²) in [5.74, 6) is 0.946. The van der Waals surface area contributed by atoms with Gasteiger partial charge in [0.15, 0.2) is 16.3 Å². The van der Waals surface area contributed by atoms with Crippen LogP contribution in [0.5, 0.6) is 11.5 Å². The van der Waals surface area contributed by atoms with E-state index in [0.29, 0.717) is 42.9 Å². The number of benzene rings is 3. The summed E-state index contributed by atoms with van der Waals surface area (Å²) < 4.78 is 19.3. The quantitative estimate of drug-likeness (QED) is 0.251. The van der Waals surface area contributed by atoms with Crippen molar-refractivity contribution in [2.24, 2.45) is 4.99 Å². The first-order chi connectivity index (χ1) is 21.4. The van der Waals surface area contributed by atoms with Crippen LogP contribution in [0.25, 0.3) is 23.1 Å². The van der Waals surface area contributed by atoms with Crippen molar-refractivity contribution in [1.29, 1.82) is 0 Å². The highest BCUT2D eigenvalue weighted by molar-refractivity contribution is 7.07. The number of furan rings is 1. The highest BCUT2D eigenvalue weighted by Gasteiger charge is 2.33. The number of fused-ring (bicyclic) bond motifs is 3. The first-order valence-electron chi connectivity index (χ1n) is 13.8. The van der Waals surface area contributed by atoms with E-state index in [2.05, 4.69) is 12.1 Å². The minimum absolute atomic E-state index is 0.0939. The van der Waals surface area contributed by atoms with Crippen molar-refractivity contribution < 1.29 is 23.8 Å². The number of carboxylic acids is 1. The minimum atomic E-state index is -1.06. The predicted molar refractivity (Wildman–Crippen MR) is 168 cm³/mol. The van der Waals surface area contributed by atoms with Gasteiger partial charge in [-0.15, -0.1) is 0 Å². The van der Waals surface area contributed by atoms with Crippen molar-refractivity contribution in [2.45, 2.75) is 18.9 Å². The summed E-state index contributed by atoms with van der Waals surface area (Å²) in [4.78, 5) is 31.3. The van der Waals surface area contributed by atoms with Crippen LogP contribution < -0.4 is 24.4 Å². The Balaban J connectivity index is 1.39. The van der Waals surface area contributed by atoms with Crippen LogP contribution in [-0.4, -0.2) is 29.9 Å². The van der Waals surface area contributed by atoms with Crippen LogP contribution in [0, 0.1) is 0 Å². The fourth-order valence-corrected chi connectivity index (χ4v) is 7.09. The van der Waals surface area contributed by atoms with Gasteiger partial charge < -0.3 is 19.0 Å². The number of thiazole rings is 1. The molecular formula is C34H25ClN2O6S. The maximum Gasteiger partial charge on any atom is 0.335 e. The minimum Gasteiger partial charge on any atom is -0.493 e. The van der Waals surface area contributed by atoms with E-state index in [4.69, 9.17) is 30.5 Å². The average Bonchev–Trinajstić information content (AvgIpc) is 3.63. The Morgan fingerprint density at radius 3 is 2.64 bits per heavy atom. The summed E-state index contributed by atoms with van der Waals surface area (Å²) in [5.41, 5.74) is 5.52. The number of halogens is 1. The second-order valence-corrected chi connectivity index (χ2v) is 11.8. The van der Waals surface area contributed by atoms with Crippen molar-refractivity contribution in [3.63, 3.8) is 0 Å². The molecule has 44 heavy (non-hydrogen) atoms. The second-order valence-electron chi connectivity index (χ2n) is 10.4. The van der Waals surface area contributed by atoms with Gasteiger partial charge in [0, 0.05) is 17.2 Å². The Kier molecular flexibility index (Phi) is 6.99. The molecule has 5 aromatic rings. The number of allylic oxidation sites excluding steroid dienone is 1. The van der Waals surface area contributed by atoms with Gasteiger partial charge >= 0.3 is 5.97 Å². The summed E-state index contributed by atoms with van der Waals surface area (Å²) in [5, 5.41) is 9.76. The van der Waals surface area contributed by atoms with Gasteiger partial charge in [-0.25, -0.2) is 9.79 Å². The van der Waals surface area contributed by atoms with E-state index in [1.807, 2.05) is 30.3 Å². The number of hydrogen-bond donors (Lipinski definition) is 1. The van der Waals surface area contributed by atoms with E-state index in [0.717, 1.165) is 35.2 Å². The molecule has 1 atom stereocenters. The molecule has 1 unspecified atom stereocenters. The van der Waals surface area contributed by atoms with E-state index in [-0.39, 0.29) is 17.2 Å². The number of aromatic nitrogens is 1. The number of carbonyl (C=O) groups is 1. The molecule has 1 aliphatic carbocycles. The highest BCUT2D eigenvalue weighted by atomic mass is 35.5. The lowest BCUT2D eigenvalue weighted by atomic mass is 9.83. The van der Waals surface area contributed by atoms with E-state index < -0.39 is 5.97 Å². The molecule has 7 rings (SSSR count). The normalized spacial score (nSPS) is 15.7. The molecule has 3 aromatic carbocycles. The standard InChI is InChI=1S/C34H25ClN2O6S/c1-41-27-13-9-19(16-28(27)42-2)31-23-11-7-18-5-3-4-6-22(18)30(23)36-34-37(31)32(38)29(44-34)17-21-10-14-26(43-21)24-15-20(33(39)40)8-12-25(24)35/h3-6,8-10,12-17,31H,7,11H2,1-2H3,(H,39,40). The molecule has 2 aliphatic rings. The zero-order valence-corrected chi connectivity index (χ0v) is 25.2. The summed E-state index contributed by atoms with van der Waals surface area (Å²) in [7, 11) is 3.19. The van der Waals surface area contributed by atoms with Gasteiger partial charge in [-0.3, -0.25) is 9.36 Å². The fraction of sp³-hybridized carbons (Fsp3) is 0.147. The molecule has 1 aliphatic heterocycles. The summed E-state index contributed by atoms with van der Waals surface area (Å²) in [6.07, 6.45) is 3.29. The van der Waals surface area contributed by atoms with E-state index in [1.165, 1.54) is 35.1 Å². The Morgan fingerprint density at radius 1 is 1.02 bits per heavy atom. The van der Waals surface area contributed by atoms with Gasteiger partial charge in [0.1, 0.15) is 11.5 Å². The van der Waals surface area contributed by atoms with Gasteiger partial charge in [0.2, 0.25) is 0 Å². The Hall–Kier alpha value is -4.86. The smallest absolute Gasteiger partial charge is 0.335 e. The molecule has 0 saturated heterocycles. The summed E-state index contributed by atoms with van der Waals surface area (Å²) in [6.45, 7) is 0. The molecule has 0 saturated carbocycles. The Morgan fingerprint density at radius 2 is 1.84 bits per heavy atom. The third-order valence-electron chi connectivity index (χ3n) is 7.98. The predicted octanol–water partition coefficient (Wildman–Crippen LogP) is 5.95. The number of hydrogen-bond acceptors (Lipinski definition) is 7. The molecule has 10 heteroatoms. The molecule has 0 radical (unpaired) electrons. The number of carboxylic acid groups (broad SMARTS) is 1. The van der Waals surface area contributed by atoms with Crippen LogP contribution in [0.1, 0.15) is 45.3 Å². The van der Waals surface area contributed by atoms with Crippen LogP contribution in [0.3, 0.4) is 0 Å². The molecule has 2 aromatic heterocycles. The lowest BCUT2D eigenvalue weighted by Crippen LogP contribution is -2.38. The first-order valence-corrected chi connectivity index (χ1v) is 15.0. The third kappa shape index (κ3) is 4.65. The van der Waals surface area contributed by atoms with Crippen molar-refractivity contribution in [3.05, 3.63) is 131 Å². The monoisotopic (exact) mass is 624 g/mol. The molecule has 0 amide bonds. The molecule has 0 spiro atoms. The number of aryl methyl sites for hydroxylation is 1. The van der Waals surface area contributed by atoms with Gasteiger partial charge in [0.05, 0.1) is 41.1 Å². The number of ether oxygens (including phenoxy) is 2. The number of aromatic carboxylic acids is 1. The number of methoxy groups -OCH3 is 2. The summed E-state index contributed by atoms with van der Waals surface area (Å²) in [6, 6.07) is 21.5. The fourth-order valence-electron chi connectivity index (χ4n) is 5.90. The number of rotatable bonds is 6. The van der Waals surface area contributed by atoms with Gasteiger partial charge in [-0.1, -0.05) is 53.3 Å². The lowest BCUT2D eigenvalue weighted by molar-refractivity contribution is 0.0697. The van der Waals surface area contributed by atoms with Crippen molar-refractivity contribution in [1.82, 2.24) is 4.57 Å². The van der Waals surface area contributed by atoms with E-state index in [9.17, 15) is 14.7 Å². The molecule has 1 N–H and O–H groups in total. The average molecular weight is 625 g/mol. The Labute approximate surface area is 260 Å². The molecule has 3 heterocycles. The largest absolute Gasteiger partial charge is 0.493 e. The topological polar surface area (TPSA) is 103 Å². The third-order valence-corrected chi connectivity index (χ3v) is 9.29. The molecular weight excluding hydrogens is 600 g/mol. The van der Waals surface area contributed by atoms with E-state index >= 15 is 0 Å². The van der Waals surface area contributed by atoms with Crippen LogP contribution in [-0.2, 0) is 6.42 Å². The SMILES string of the molecule is COc1ccc(C2C3=C(N=c4sc(=Cc5ccc(-c6cc(C(=O)O)ccc6Cl)o5)c(=O)n42)c2ccccc2CC3)cc1OC. The molecule has 0 fully saturated rings. The molecule has 8 nitrogen and oxygen atoms in total. The second kappa shape index (κ2) is 11.0. The maximum absolute atomic E-state index is 14.1. The van der Waals surface area contributed by atoms with Crippen LogP contribution in [0.4, 0.5) is 0 Å². The van der Waals surface area contributed by atoms with Gasteiger partial charge in [0.25, 0.3) is 5.56 Å². The van der Waals surface area contributed by atoms with Crippen LogP contribution in [0.2, 0.25) is 5.02 Å². The van der Waals surface area contributed by atoms with Crippen molar-refractivity contribution in [2.75, 3.05) is 14.2 Å². The zero-order valence-electron chi connectivity index (χ0n) is 23.7. The van der Waals surface area contributed by atoms with Crippen LogP contribution >= 0.6 is 22.9 Å². The van der Waals surface area contributed by atoms with Crippen molar-refractivity contribution in [3.8, 4) is 22.8 Å². The van der Waals surface area contributed by atoms with E-state index in [1.54, 1.807) is 37.0 Å². The molecule has 220 valence electrons. The molecule has 0 bridgehead atoms. The van der Waals surface area contributed by atoms with Crippen LogP contribution in [0.15, 0.2) is 92.6 Å². The lowest BCUT2D eigenvalue weighted by Gasteiger charge is -2.31.